The molecule has 0 spiro atoms. The highest BCUT2D eigenvalue weighted by molar-refractivity contribution is 7.87. The predicted octanol–water partition coefficient (Wildman–Crippen LogP) is 2.98. The Labute approximate surface area is 120 Å². The Hall–Kier alpha value is -2.05. The molecule has 102 valence electrons. The third kappa shape index (κ3) is 2.48. The summed E-state index contributed by atoms with van der Waals surface area (Å²) in [7, 11) is -3.93. The van der Waals surface area contributed by atoms with Crippen molar-refractivity contribution in [3.8, 4) is 6.01 Å². The predicted molar refractivity (Wildman–Crippen MR) is 75.4 cm³/mol. The molecule has 1 aromatic heterocycles. The summed E-state index contributed by atoms with van der Waals surface area (Å²) in [4.78, 5) is 6.87. The van der Waals surface area contributed by atoms with Crippen LogP contribution in [-0.2, 0) is 10.1 Å². The minimum atomic E-state index is -3.93. The summed E-state index contributed by atoms with van der Waals surface area (Å²) in [6, 6.07) is 12.8. The summed E-state index contributed by atoms with van der Waals surface area (Å²) in [5.41, 5.74) is 1.34. The van der Waals surface area contributed by atoms with Crippen molar-refractivity contribution < 1.29 is 12.6 Å². The third-order valence-electron chi connectivity index (χ3n) is 2.66. The van der Waals surface area contributed by atoms with E-state index in [9.17, 15) is 8.42 Å². The van der Waals surface area contributed by atoms with Crippen LogP contribution in [-0.4, -0.2) is 18.4 Å². The fourth-order valence-corrected chi connectivity index (χ4v) is 2.70. The highest BCUT2D eigenvalue weighted by Crippen LogP contribution is 2.20. The number of imidazole rings is 1. The second-order valence-corrected chi connectivity index (χ2v) is 6.03. The first-order valence-corrected chi connectivity index (χ1v) is 7.48. The quantitative estimate of drug-likeness (QED) is 0.755. The van der Waals surface area contributed by atoms with Crippen molar-refractivity contribution >= 4 is 32.8 Å². The molecule has 0 bridgehead atoms. The average molecular weight is 309 g/mol. The third-order valence-corrected chi connectivity index (χ3v) is 4.14. The van der Waals surface area contributed by atoms with E-state index in [0.29, 0.717) is 16.1 Å². The molecule has 0 saturated heterocycles. The summed E-state index contributed by atoms with van der Waals surface area (Å²) < 4.78 is 29.1. The van der Waals surface area contributed by atoms with Crippen molar-refractivity contribution in [1.29, 1.82) is 0 Å². The molecule has 5 nitrogen and oxygen atoms in total. The number of nitrogens with one attached hydrogen (secondary N) is 1. The minimum absolute atomic E-state index is 0.0161. The van der Waals surface area contributed by atoms with Gasteiger partial charge in [-0.1, -0.05) is 23.7 Å². The lowest BCUT2D eigenvalue weighted by Gasteiger charge is -2.03. The minimum Gasteiger partial charge on any atom is -0.342 e. The number of fused-ring (bicyclic) bond motifs is 1. The molecule has 2 aromatic carbocycles. The summed E-state index contributed by atoms with van der Waals surface area (Å²) in [6.07, 6.45) is 0. The number of rotatable bonds is 3. The fraction of sp³-hybridized carbons (Fsp3) is 0. The molecule has 0 amide bonds. The number of para-hydroxylation sites is 2. The van der Waals surface area contributed by atoms with Gasteiger partial charge in [-0.3, -0.25) is 0 Å². The highest BCUT2D eigenvalue weighted by Gasteiger charge is 2.18. The van der Waals surface area contributed by atoms with Crippen LogP contribution in [0.5, 0.6) is 6.01 Å². The smallest absolute Gasteiger partial charge is 0.341 e. The highest BCUT2D eigenvalue weighted by atomic mass is 35.5. The summed E-state index contributed by atoms with van der Waals surface area (Å²) in [6.45, 7) is 0. The van der Waals surface area contributed by atoms with Gasteiger partial charge in [0.05, 0.1) is 11.0 Å². The summed E-state index contributed by atoms with van der Waals surface area (Å²) >= 11 is 5.72. The van der Waals surface area contributed by atoms with Crippen LogP contribution in [0.3, 0.4) is 0 Å². The van der Waals surface area contributed by atoms with E-state index in [-0.39, 0.29) is 10.9 Å². The molecule has 3 rings (SSSR count). The molecule has 20 heavy (non-hydrogen) atoms. The van der Waals surface area contributed by atoms with Gasteiger partial charge in [0.2, 0.25) is 0 Å². The van der Waals surface area contributed by atoms with Crippen molar-refractivity contribution in [2.24, 2.45) is 0 Å². The zero-order valence-electron chi connectivity index (χ0n) is 10.1. The molecule has 0 aliphatic carbocycles. The fourth-order valence-electron chi connectivity index (χ4n) is 1.72. The molecule has 7 heteroatoms. The van der Waals surface area contributed by atoms with Gasteiger partial charge in [0, 0.05) is 5.02 Å². The van der Waals surface area contributed by atoms with Gasteiger partial charge in [-0.05, 0) is 36.4 Å². The van der Waals surface area contributed by atoms with Crippen LogP contribution in [0.1, 0.15) is 0 Å². The first-order valence-electron chi connectivity index (χ1n) is 5.69. The van der Waals surface area contributed by atoms with E-state index in [1.54, 1.807) is 18.2 Å². The molecular weight excluding hydrogens is 300 g/mol. The maximum Gasteiger partial charge on any atom is 0.341 e. The Bertz CT molecular complexity index is 824. The van der Waals surface area contributed by atoms with Crippen molar-refractivity contribution in [2.75, 3.05) is 0 Å². The van der Waals surface area contributed by atoms with Crippen molar-refractivity contribution in [3.63, 3.8) is 0 Å². The lowest BCUT2D eigenvalue weighted by Crippen LogP contribution is -2.10. The molecule has 0 unspecified atom stereocenters. The van der Waals surface area contributed by atoms with Gasteiger partial charge in [0.25, 0.3) is 0 Å². The van der Waals surface area contributed by atoms with Gasteiger partial charge in [0.15, 0.2) is 0 Å². The number of H-pyrrole nitrogens is 1. The van der Waals surface area contributed by atoms with Crippen LogP contribution in [0.4, 0.5) is 0 Å². The molecule has 0 radical (unpaired) electrons. The molecule has 0 atom stereocenters. The molecule has 1 N–H and O–H groups in total. The van der Waals surface area contributed by atoms with Crippen LogP contribution in [0.2, 0.25) is 5.02 Å². The first kappa shape index (κ1) is 13.0. The van der Waals surface area contributed by atoms with Gasteiger partial charge >= 0.3 is 16.1 Å². The van der Waals surface area contributed by atoms with Gasteiger partial charge < -0.3 is 9.17 Å². The van der Waals surface area contributed by atoms with Crippen molar-refractivity contribution in [3.05, 3.63) is 53.6 Å². The van der Waals surface area contributed by atoms with Crippen LogP contribution in [0.25, 0.3) is 11.0 Å². The van der Waals surface area contributed by atoms with Gasteiger partial charge in [-0.2, -0.15) is 13.4 Å². The molecule has 1 heterocycles. The van der Waals surface area contributed by atoms with Crippen LogP contribution >= 0.6 is 11.6 Å². The number of aromatic nitrogens is 2. The average Bonchev–Trinajstić information content (AvgIpc) is 2.80. The standard InChI is InChI=1S/C13H9ClN2O3S/c14-9-5-7-10(8-6-9)20(17,18)19-13-15-11-3-1-2-4-12(11)16-13/h1-8H,(H,15,16). The lowest BCUT2D eigenvalue weighted by atomic mass is 10.3. The Morgan fingerprint density at radius 3 is 2.45 bits per heavy atom. The number of hydrogen-bond acceptors (Lipinski definition) is 4. The zero-order valence-corrected chi connectivity index (χ0v) is 11.6. The van der Waals surface area contributed by atoms with E-state index in [4.69, 9.17) is 15.8 Å². The van der Waals surface area contributed by atoms with Crippen molar-refractivity contribution in [1.82, 2.24) is 9.97 Å². The molecule has 3 aromatic rings. The number of aromatic amines is 1. The number of benzene rings is 2. The molecule has 0 aliphatic heterocycles. The topological polar surface area (TPSA) is 72.1 Å². The monoisotopic (exact) mass is 308 g/mol. The molecule has 0 saturated carbocycles. The lowest BCUT2D eigenvalue weighted by molar-refractivity contribution is 0.468. The van der Waals surface area contributed by atoms with Crippen LogP contribution in [0, 0.1) is 0 Å². The number of hydrogen-bond donors (Lipinski definition) is 1. The van der Waals surface area contributed by atoms with Gasteiger partial charge in [0.1, 0.15) is 4.90 Å². The Morgan fingerprint density at radius 1 is 1.05 bits per heavy atom. The van der Waals surface area contributed by atoms with Crippen molar-refractivity contribution in [2.45, 2.75) is 4.90 Å². The number of nitrogens with zero attached hydrogens (tertiary/aromatic N) is 1. The largest absolute Gasteiger partial charge is 0.342 e. The normalized spacial score (nSPS) is 11.7. The van der Waals surface area contributed by atoms with E-state index < -0.39 is 10.1 Å². The van der Waals surface area contributed by atoms with Crippen LogP contribution in [0.15, 0.2) is 53.4 Å². The maximum atomic E-state index is 12.1. The summed E-state index contributed by atoms with van der Waals surface area (Å²) in [5.74, 6) is 0. The van der Waals surface area contributed by atoms with Crippen LogP contribution < -0.4 is 4.18 Å². The second-order valence-electron chi connectivity index (χ2n) is 4.05. The summed E-state index contributed by atoms with van der Waals surface area (Å²) in [5, 5.41) is 0.452. The zero-order chi connectivity index (χ0) is 14.2. The maximum absolute atomic E-state index is 12.1. The SMILES string of the molecule is O=S(=O)(Oc1nc2ccccc2[nH]1)c1ccc(Cl)cc1. The first-order chi connectivity index (χ1) is 9.54. The Kier molecular flexibility index (Phi) is 3.11. The Morgan fingerprint density at radius 2 is 1.75 bits per heavy atom. The van der Waals surface area contributed by atoms with E-state index in [2.05, 4.69) is 9.97 Å². The van der Waals surface area contributed by atoms with Gasteiger partial charge in [-0.25, -0.2) is 0 Å². The van der Waals surface area contributed by atoms with E-state index >= 15 is 0 Å². The molecule has 0 aliphatic rings. The van der Waals surface area contributed by atoms with E-state index in [1.807, 2.05) is 6.07 Å². The molecular formula is C13H9ClN2O3S. The number of halogens is 1. The Balaban J connectivity index is 1.94. The molecule has 0 fully saturated rings. The van der Waals surface area contributed by atoms with E-state index in [1.165, 1.54) is 24.3 Å². The van der Waals surface area contributed by atoms with E-state index in [0.717, 1.165) is 0 Å². The van der Waals surface area contributed by atoms with Gasteiger partial charge in [-0.15, -0.1) is 0 Å². The second kappa shape index (κ2) is 4.81.